The first-order valence-corrected chi connectivity index (χ1v) is 7.35. The van der Waals surface area contributed by atoms with E-state index in [0.29, 0.717) is 6.10 Å². The molecule has 0 radical (unpaired) electrons. The van der Waals surface area contributed by atoms with Gasteiger partial charge in [-0.25, -0.2) is 0 Å². The van der Waals surface area contributed by atoms with Crippen LogP contribution in [0.25, 0.3) is 0 Å². The molecule has 1 aliphatic carbocycles. The zero-order chi connectivity index (χ0) is 11.9. The van der Waals surface area contributed by atoms with Gasteiger partial charge in [0.2, 0.25) is 0 Å². The topological polar surface area (TPSA) is 24.5 Å². The van der Waals surface area contributed by atoms with Gasteiger partial charge in [-0.1, -0.05) is 12.8 Å². The summed E-state index contributed by atoms with van der Waals surface area (Å²) in [5.41, 5.74) is 0. The van der Waals surface area contributed by atoms with Crippen LogP contribution in [0.4, 0.5) is 0 Å². The van der Waals surface area contributed by atoms with Gasteiger partial charge in [0, 0.05) is 13.1 Å². The third kappa shape index (κ3) is 4.94. The minimum Gasteiger partial charge on any atom is -0.377 e. The van der Waals surface area contributed by atoms with Crippen LogP contribution in [-0.2, 0) is 4.74 Å². The van der Waals surface area contributed by atoms with Crippen LogP contribution in [0.1, 0.15) is 38.5 Å². The van der Waals surface area contributed by atoms with Crippen molar-refractivity contribution in [3.8, 4) is 0 Å². The van der Waals surface area contributed by atoms with Crippen LogP contribution in [0.3, 0.4) is 0 Å². The largest absolute Gasteiger partial charge is 0.377 e. The van der Waals surface area contributed by atoms with Crippen LogP contribution < -0.4 is 5.32 Å². The van der Waals surface area contributed by atoms with Crippen LogP contribution in [0.2, 0.25) is 0 Å². The summed E-state index contributed by atoms with van der Waals surface area (Å²) >= 11 is 0. The summed E-state index contributed by atoms with van der Waals surface area (Å²) in [5.74, 6) is 0.847. The van der Waals surface area contributed by atoms with Gasteiger partial charge in [-0.2, -0.15) is 0 Å². The zero-order valence-electron chi connectivity index (χ0n) is 11.3. The van der Waals surface area contributed by atoms with Crippen LogP contribution >= 0.6 is 0 Å². The molecule has 1 aliphatic heterocycles. The van der Waals surface area contributed by atoms with Gasteiger partial charge >= 0.3 is 0 Å². The molecule has 0 aromatic heterocycles. The Morgan fingerprint density at radius 1 is 1.18 bits per heavy atom. The molecule has 0 aromatic rings. The molecule has 3 heteroatoms. The molecular weight excluding hydrogens is 212 g/mol. The van der Waals surface area contributed by atoms with E-state index in [4.69, 9.17) is 4.74 Å². The van der Waals surface area contributed by atoms with Crippen LogP contribution in [0.15, 0.2) is 0 Å². The van der Waals surface area contributed by atoms with Crippen molar-refractivity contribution < 1.29 is 4.74 Å². The first-order chi connectivity index (χ1) is 8.34. The predicted molar refractivity (Wildman–Crippen MR) is 71.3 cm³/mol. The Labute approximate surface area is 106 Å². The number of piperidine rings is 1. The number of ether oxygens (including phenoxy) is 1. The lowest BCUT2D eigenvalue weighted by molar-refractivity contribution is 0.0594. The summed E-state index contributed by atoms with van der Waals surface area (Å²) < 4.78 is 5.84. The summed E-state index contributed by atoms with van der Waals surface area (Å²) in [6.45, 7) is 5.63. The van der Waals surface area contributed by atoms with Gasteiger partial charge in [0.15, 0.2) is 0 Å². The summed E-state index contributed by atoms with van der Waals surface area (Å²) in [7, 11) is 2.23. The van der Waals surface area contributed by atoms with E-state index in [1.54, 1.807) is 0 Å². The number of hydrogen-bond donors (Lipinski definition) is 1. The Kier molecular flexibility index (Phi) is 5.75. The lowest BCUT2D eigenvalue weighted by atomic mass is 9.98. The smallest absolute Gasteiger partial charge is 0.0594 e. The van der Waals surface area contributed by atoms with Crippen molar-refractivity contribution in [3.63, 3.8) is 0 Å². The molecule has 1 saturated heterocycles. The highest BCUT2D eigenvalue weighted by Gasteiger charge is 2.17. The van der Waals surface area contributed by atoms with Crippen molar-refractivity contribution in [3.05, 3.63) is 0 Å². The van der Waals surface area contributed by atoms with Crippen molar-refractivity contribution in [2.75, 3.05) is 39.8 Å². The quantitative estimate of drug-likeness (QED) is 0.717. The molecule has 2 aliphatic rings. The zero-order valence-corrected chi connectivity index (χ0v) is 11.3. The molecule has 0 amide bonds. The normalized spacial score (nSPS) is 27.7. The molecule has 1 saturated carbocycles. The number of nitrogens with one attached hydrogen (secondary N) is 1. The second-order valence-electron chi connectivity index (χ2n) is 5.75. The Balaban J connectivity index is 1.45. The highest BCUT2D eigenvalue weighted by molar-refractivity contribution is 4.72. The van der Waals surface area contributed by atoms with E-state index in [-0.39, 0.29) is 0 Å². The Bertz CT molecular complexity index is 204. The van der Waals surface area contributed by atoms with Gasteiger partial charge in [-0.15, -0.1) is 0 Å². The second kappa shape index (κ2) is 7.34. The SMILES string of the molecule is CN1CCCC(CNCCOC2CCCC2)C1. The average Bonchev–Trinajstić information content (AvgIpc) is 2.82. The molecule has 17 heavy (non-hydrogen) atoms. The van der Waals surface area contributed by atoms with Gasteiger partial charge in [0.05, 0.1) is 12.7 Å². The molecular formula is C14H28N2O. The summed E-state index contributed by atoms with van der Waals surface area (Å²) in [4.78, 5) is 2.45. The van der Waals surface area contributed by atoms with Crippen LogP contribution in [-0.4, -0.2) is 50.8 Å². The summed E-state index contributed by atoms with van der Waals surface area (Å²) in [6.07, 6.45) is 8.62. The van der Waals surface area contributed by atoms with E-state index in [2.05, 4.69) is 17.3 Å². The fraction of sp³-hybridized carbons (Fsp3) is 1.00. The molecule has 1 N–H and O–H groups in total. The summed E-state index contributed by atoms with van der Waals surface area (Å²) in [6, 6.07) is 0. The minimum absolute atomic E-state index is 0.567. The summed E-state index contributed by atoms with van der Waals surface area (Å²) in [5, 5.41) is 3.55. The maximum absolute atomic E-state index is 5.84. The molecule has 2 rings (SSSR count). The Morgan fingerprint density at radius 2 is 2.00 bits per heavy atom. The Morgan fingerprint density at radius 3 is 2.76 bits per heavy atom. The number of hydrogen-bond acceptors (Lipinski definition) is 3. The highest BCUT2D eigenvalue weighted by atomic mass is 16.5. The number of nitrogens with zero attached hydrogens (tertiary/aromatic N) is 1. The van der Waals surface area contributed by atoms with Crippen LogP contribution in [0.5, 0.6) is 0 Å². The predicted octanol–water partition coefficient (Wildman–Crippen LogP) is 1.88. The first-order valence-electron chi connectivity index (χ1n) is 7.35. The molecule has 1 heterocycles. The molecule has 0 aromatic carbocycles. The lowest BCUT2D eigenvalue weighted by Gasteiger charge is -2.29. The third-order valence-electron chi connectivity index (χ3n) is 4.09. The fourth-order valence-electron chi connectivity index (χ4n) is 3.10. The molecule has 1 unspecified atom stereocenters. The van der Waals surface area contributed by atoms with E-state index >= 15 is 0 Å². The number of likely N-dealkylation sites (tertiary alicyclic amines) is 1. The van der Waals surface area contributed by atoms with Gasteiger partial charge in [-0.3, -0.25) is 0 Å². The van der Waals surface area contributed by atoms with Gasteiger partial charge in [0.1, 0.15) is 0 Å². The van der Waals surface area contributed by atoms with E-state index in [0.717, 1.165) is 19.1 Å². The number of rotatable bonds is 6. The molecule has 3 nitrogen and oxygen atoms in total. The molecule has 100 valence electrons. The third-order valence-corrected chi connectivity index (χ3v) is 4.09. The first kappa shape index (κ1) is 13.3. The monoisotopic (exact) mass is 240 g/mol. The van der Waals surface area contributed by atoms with E-state index < -0.39 is 0 Å². The van der Waals surface area contributed by atoms with E-state index in [1.165, 1.54) is 58.2 Å². The van der Waals surface area contributed by atoms with E-state index in [1.807, 2.05) is 0 Å². The standard InChI is InChI=1S/C14H28N2O/c1-16-9-4-5-13(12-16)11-15-8-10-17-14-6-2-3-7-14/h13-15H,2-12H2,1H3. The maximum Gasteiger partial charge on any atom is 0.0594 e. The van der Waals surface area contributed by atoms with Gasteiger partial charge in [0.25, 0.3) is 0 Å². The molecule has 0 spiro atoms. The second-order valence-corrected chi connectivity index (χ2v) is 5.75. The average molecular weight is 240 g/mol. The van der Waals surface area contributed by atoms with Crippen molar-refractivity contribution in [2.24, 2.45) is 5.92 Å². The van der Waals surface area contributed by atoms with Crippen molar-refractivity contribution in [1.82, 2.24) is 10.2 Å². The van der Waals surface area contributed by atoms with Gasteiger partial charge in [-0.05, 0) is 51.7 Å². The fourth-order valence-corrected chi connectivity index (χ4v) is 3.10. The Hall–Kier alpha value is -0.120. The van der Waals surface area contributed by atoms with Gasteiger partial charge < -0.3 is 15.0 Å². The molecule has 0 bridgehead atoms. The van der Waals surface area contributed by atoms with Crippen molar-refractivity contribution in [2.45, 2.75) is 44.6 Å². The maximum atomic E-state index is 5.84. The lowest BCUT2D eigenvalue weighted by Crippen LogP contribution is -2.38. The van der Waals surface area contributed by atoms with Crippen molar-refractivity contribution >= 4 is 0 Å². The molecule has 2 fully saturated rings. The van der Waals surface area contributed by atoms with E-state index in [9.17, 15) is 0 Å². The molecule has 1 atom stereocenters. The van der Waals surface area contributed by atoms with Crippen LogP contribution in [0, 0.1) is 5.92 Å². The van der Waals surface area contributed by atoms with Crippen molar-refractivity contribution in [1.29, 1.82) is 0 Å². The highest BCUT2D eigenvalue weighted by Crippen LogP contribution is 2.20. The minimum atomic E-state index is 0.567.